The highest BCUT2D eigenvalue weighted by molar-refractivity contribution is 6.09. The van der Waals surface area contributed by atoms with Crippen LogP contribution in [0.25, 0.3) is 5.57 Å². The maximum Gasteiger partial charge on any atom is 0.416 e. The number of hydrogen-bond donors (Lipinski definition) is 0. The Morgan fingerprint density at radius 1 is 1.32 bits per heavy atom. The standard InChI is InChI=1S/C15H17NO3/c1-3-19-15(18)16-10-9-13(14(16)17)11(2)12-7-5-4-6-8-12/h4-8H,3,9-10H2,1-2H3/b13-11+. The van der Waals surface area contributed by atoms with Gasteiger partial charge >= 0.3 is 6.09 Å². The summed E-state index contributed by atoms with van der Waals surface area (Å²) in [5.74, 6) is -0.236. The summed E-state index contributed by atoms with van der Waals surface area (Å²) < 4.78 is 4.87. The molecule has 19 heavy (non-hydrogen) atoms. The molecule has 0 unspecified atom stereocenters. The van der Waals surface area contributed by atoms with Crippen molar-refractivity contribution >= 4 is 17.6 Å². The summed E-state index contributed by atoms with van der Waals surface area (Å²) in [5.41, 5.74) is 2.63. The lowest BCUT2D eigenvalue weighted by Gasteiger charge is -2.12. The van der Waals surface area contributed by atoms with Crippen molar-refractivity contribution in [2.24, 2.45) is 0 Å². The van der Waals surface area contributed by atoms with Crippen LogP contribution in [0.2, 0.25) is 0 Å². The summed E-state index contributed by atoms with van der Waals surface area (Å²) in [6.45, 7) is 4.32. The van der Waals surface area contributed by atoms with Gasteiger partial charge in [0.05, 0.1) is 6.61 Å². The van der Waals surface area contributed by atoms with Gasteiger partial charge in [-0.1, -0.05) is 30.3 Å². The molecule has 100 valence electrons. The zero-order valence-electron chi connectivity index (χ0n) is 11.2. The molecule has 2 rings (SSSR count). The first kappa shape index (κ1) is 13.3. The molecule has 0 radical (unpaired) electrons. The van der Waals surface area contributed by atoms with Crippen LogP contribution in [0.15, 0.2) is 35.9 Å². The second-order valence-electron chi connectivity index (χ2n) is 4.38. The normalized spacial score (nSPS) is 17.6. The minimum absolute atomic E-state index is 0.236. The van der Waals surface area contributed by atoms with Crippen LogP contribution in [-0.4, -0.2) is 30.1 Å². The van der Waals surface area contributed by atoms with Gasteiger partial charge in [-0.15, -0.1) is 0 Å². The molecule has 2 amide bonds. The highest BCUT2D eigenvalue weighted by Crippen LogP contribution is 2.27. The Balaban J connectivity index is 2.24. The molecule has 0 atom stereocenters. The molecule has 1 heterocycles. The molecule has 0 bridgehead atoms. The van der Waals surface area contributed by atoms with Crippen molar-refractivity contribution in [2.45, 2.75) is 20.3 Å². The third kappa shape index (κ3) is 2.67. The third-order valence-electron chi connectivity index (χ3n) is 3.24. The van der Waals surface area contributed by atoms with E-state index in [0.29, 0.717) is 18.5 Å². The summed E-state index contributed by atoms with van der Waals surface area (Å²) >= 11 is 0. The van der Waals surface area contributed by atoms with Crippen LogP contribution in [0.4, 0.5) is 4.79 Å². The van der Waals surface area contributed by atoms with E-state index >= 15 is 0 Å². The van der Waals surface area contributed by atoms with Crippen LogP contribution in [0, 0.1) is 0 Å². The van der Waals surface area contributed by atoms with Gasteiger partial charge < -0.3 is 4.74 Å². The molecule has 1 aromatic rings. The number of benzene rings is 1. The van der Waals surface area contributed by atoms with Gasteiger partial charge in [0.1, 0.15) is 0 Å². The van der Waals surface area contributed by atoms with Crippen LogP contribution in [0.1, 0.15) is 25.8 Å². The monoisotopic (exact) mass is 259 g/mol. The molecule has 0 saturated carbocycles. The van der Waals surface area contributed by atoms with E-state index in [1.807, 2.05) is 37.3 Å². The fourth-order valence-electron chi connectivity index (χ4n) is 2.18. The molecule has 4 heteroatoms. The lowest BCUT2D eigenvalue weighted by molar-refractivity contribution is -0.123. The first-order chi connectivity index (χ1) is 9.15. The maximum atomic E-state index is 12.2. The zero-order chi connectivity index (χ0) is 13.8. The van der Waals surface area contributed by atoms with Gasteiger partial charge in [-0.2, -0.15) is 0 Å². The number of carbonyl (C=O) groups is 2. The number of hydrogen-bond acceptors (Lipinski definition) is 3. The van der Waals surface area contributed by atoms with E-state index in [1.165, 1.54) is 4.90 Å². The Labute approximate surface area is 112 Å². The summed E-state index contributed by atoms with van der Waals surface area (Å²) in [6, 6.07) is 9.72. The summed E-state index contributed by atoms with van der Waals surface area (Å²) in [5, 5.41) is 0. The Hall–Kier alpha value is -2.10. The number of allylic oxidation sites excluding steroid dienone is 1. The minimum Gasteiger partial charge on any atom is -0.449 e. The highest BCUT2D eigenvalue weighted by Gasteiger charge is 2.33. The van der Waals surface area contributed by atoms with Crippen LogP contribution in [0.5, 0.6) is 0 Å². The molecule has 0 spiro atoms. The topological polar surface area (TPSA) is 46.6 Å². The summed E-state index contributed by atoms with van der Waals surface area (Å²) in [6.07, 6.45) is 0.0293. The van der Waals surface area contributed by atoms with Crippen LogP contribution in [0.3, 0.4) is 0 Å². The smallest absolute Gasteiger partial charge is 0.416 e. The quantitative estimate of drug-likeness (QED) is 0.767. The van der Waals surface area contributed by atoms with E-state index in [2.05, 4.69) is 0 Å². The van der Waals surface area contributed by atoms with Crippen molar-refractivity contribution in [3.05, 3.63) is 41.5 Å². The largest absolute Gasteiger partial charge is 0.449 e. The predicted octanol–water partition coefficient (Wildman–Crippen LogP) is 2.85. The number of rotatable bonds is 2. The number of likely N-dealkylation sites (tertiary alicyclic amines) is 1. The second-order valence-corrected chi connectivity index (χ2v) is 4.38. The van der Waals surface area contributed by atoms with Gasteiger partial charge in [-0.05, 0) is 31.4 Å². The van der Waals surface area contributed by atoms with E-state index in [1.54, 1.807) is 6.92 Å². The van der Waals surface area contributed by atoms with Gasteiger partial charge in [0.25, 0.3) is 5.91 Å². The van der Waals surface area contributed by atoms with Gasteiger partial charge in [0.15, 0.2) is 0 Å². The van der Waals surface area contributed by atoms with Crippen molar-refractivity contribution in [1.82, 2.24) is 4.90 Å². The summed E-state index contributed by atoms with van der Waals surface area (Å²) in [4.78, 5) is 25.0. The molecule has 1 fully saturated rings. The summed E-state index contributed by atoms with van der Waals surface area (Å²) in [7, 11) is 0. The van der Waals surface area contributed by atoms with Crippen molar-refractivity contribution in [2.75, 3.05) is 13.2 Å². The highest BCUT2D eigenvalue weighted by atomic mass is 16.6. The van der Waals surface area contributed by atoms with Gasteiger partial charge in [-0.25, -0.2) is 9.69 Å². The first-order valence-corrected chi connectivity index (χ1v) is 6.39. The van der Waals surface area contributed by atoms with E-state index in [0.717, 1.165) is 11.1 Å². The van der Waals surface area contributed by atoms with Crippen molar-refractivity contribution in [1.29, 1.82) is 0 Å². The van der Waals surface area contributed by atoms with Crippen molar-refractivity contribution in [3.8, 4) is 0 Å². The number of ether oxygens (including phenoxy) is 1. The van der Waals surface area contributed by atoms with Gasteiger partial charge in [0, 0.05) is 12.1 Å². The first-order valence-electron chi connectivity index (χ1n) is 6.39. The second kappa shape index (κ2) is 5.69. The minimum atomic E-state index is -0.552. The average Bonchev–Trinajstić information content (AvgIpc) is 2.81. The fourth-order valence-corrected chi connectivity index (χ4v) is 2.18. The SMILES string of the molecule is CCOC(=O)N1CC/C(=C(/C)c2ccccc2)C1=O. The molecule has 1 aromatic carbocycles. The van der Waals surface area contributed by atoms with Crippen molar-refractivity contribution in [3.63, 3.8) is 0 Å². The van der Waals surface area contributed by atoms with E-state index < -0.39 is 6.09 Å². The molecule has 0 aromatic heterocycles. The number of carbonyl (C=O) groups excluding carboxylic acids is 2. The molecule has 4 nitrogen and oxygen atoms in total. The number of imide groups is 1. The average molecular weight is 259 g/mol. The Morgan fingerprint density at radius 3 is 2.63 bits per heavy atom. The lowest BCUT2D eigenvalue weighted by Crippen LogP contribution is -2.32. The lowest BCUT2D eigenvalue weighted by atomic mass is 10.0. The van der Waals surface area contributed by atoms with Gasteiger partial charge in [-0.3, -0.25) is 4.79 Å². The number of amides is 2. The third-order valence-corrected chi connectivity index (χ3v) is 3.24. The van der Waals surface area contributed by atoms with Crippen molar-refractivity contribution < 1.29 is 14.3 Å². The zero-order valence-corrected chi connectivity index (χ0v) is 11.2. The molecule has 1 aliphatic heterocycles. The molecule has 0 N–H and O–H groups in total. The van der Waals surface area contributed by atoms with E-state index in [4.69, 9.17) is 4.74 Å². The van der Waals surface area contributed by atoms with Gasteiger partial charge in [0.2, 0.25) is 0 Å². The Morgan fingerprint density at radius 2 is 2.00 bits per heavy atom. The van der Waals surface area contributed by atoms with E-state index in [9.17, 15) is 9.59 Å². The Bertz CT molecular complexity index is 519. The molecule has 1 aliphatic rings. The number of nitrogens with zero attached hydrogens (tertiary/aromatic N) is 1. The van der Waals surface area contributed by atoms with Crippen LogP contribution < -0.4 is 0 Å². The molecular weight excluding hydrogens is 242 g/mol. The fraction of sp³-hybridized carbons (Fsp3) is 0.333. The van der Waals surface area contributed by atoms with Crippen LogP contribution in [-0.2, 0) is 9.53 Å². The van der Waals surface area contributed by atoms with Crippen LogP contribution >= 0.6 is 0 Å². The van der Waals surface area contributed by atoms with E-state index in [-0.39, 0.29) is 12.5 Å². The molecule has 0 aliphatic carbocycles. The molecular formula is C15H17NO3. The Kier molecular flexibility index (Phi) is 4.00. The molecule has 1 saturated heterocycles. The predicted molar refractivity (Wildman–Crippen MR) is 72.4 cm³/mol. The maximum absolute atomic E-state index is 12.2.